The molecule has 1 aromatic carbocycles. The highest BCUT2D eigenvalue weighted by molar-refractivity contribution is 5.59. The van der Waals surface area contributed by atoms with Crippen LogP contribution in [0, 0.1) is 17.2 Å². The number of nitriles is 1. The average molecular weight is 286 g/mol. The quantitative estimate of drug-likeness (QED) is 0.872. The summed E-state index contributed by atoms with van der Waals surface area (Å²) < 4.78 is 37.8. The van der Waals surface area contributed by atoms with Gasteiger partial charge in [0, 0.05) is 12.6 Å². The molecule has 110 valence electrons. The first-order chi connectivity index (χ1) is 9.29. The van der Waals surface area contributed by atoms with Crippen LogP contribution in [0.15, 0.2) is 18.2 Å². The SMILES string of the molecule is CC(C)C(CCO)Nc1ccc(C(F)(F)F)cc1C#N. The fourth-order valence-corrected chi connectivity index (χ4v) is 1.85. The van der Waals surface area contributed by atoms with Gasteiger partial charge >= 0.3 is 6.18 Å². The van der Waals surface area contributed by atoms with E-state index in [-0.39, 0.29) is 24.1 Å². The van der Waals surface area contributed by atoms with Crippen molar-refractivity contribution in [3.63, 3.8) is 0 Å². The van der Waals surface area contributed by atoms with Gasteiger partial charge in [0.25, 0.3) is 0 Å². The molecule has 0 aliphatic heterocycles. The van der Waals surface area contributed by atoms with E-state index in [9.17, 15) is 13.2 Å². The Labute approximate surface area is 116 Å². The van der Waals surface area contributed by atoms with Crippen molar-refractivity contribution < 1.29 is 18.3 Å². The van der Waals surface area contributed by atoms with Crippen LogP contribution in [0.5, 0.6) is 0 Å². The summed E-state index contributed by atoms with van der Waals surface area (Å²) in [5.41, 5.74) is -0.543. The normalized spacial score (nSPS) is 13.1. The van der Waals surface area contributed by atoms with Crippen molar-refractivity contribution in [2.75, 3.05) is 11.9 Å². The van der Waals surface area contributed by atoms with Crippen molar-refractivity contribution in [3.8, 4) is 6.07 Å². The fourth-order valence-electron chi connectivity index (χ4n) is 1.85. The summed E-state index contributed by atoms with van der Waals surface area (Å²) in [6.45, 7) is 3.84. The van der Waals surface area contributed by atoms with Gasteiger partial charge in [0.2, 0.25) is 0 Å². The zero-order valence-electron chi connectivity index (χ0n) is 11.3. The minimum absolute atomic E-state index is 0.0294. The summed E-state index contributed by atoms with van der Waals surface area (Å²) in [6, 6.07) is 4.70. The highest BCUT2D eigenvalue weighted by Gasteiger charge is 2.31. The van der Waals surface area contributed by atoms with Gasteiger partial charge in [-0.1, -0.05) is 13.8 Å². The molecule has 0 spiro atoms. The lowest BCUT2D eigenvalue weighted by Crippen LogP contribution is -2.27. The van der Waals surface area contributed by atoms with Crippen LogP contribution in [0.25, 0.3) is 0 Å². The highest BCUT2D eigenvalue weighted by atomic mass is 19.4. The summed E-state index contributed by atoms with van der Waals surface area (Å²) in [5.74, 6) is 0.177. The molecule has 0 bridgehead atoms. The van der Waals surface area contributed by atoms with E-state index in [2.05, 4.69) is 5.32 Å². The molecule has 1 atom stereocenters. The number of aliphatic hydroxyl groups is 1. The number of rotatable bonds is 5. The molecule has 3 nitrogen and oxygen atoms in total. The number of aliphatic hydroxyl groups excluding tert-OH is 1. The Hall–Kier alpha value is -1.74. The number of alkyl halides is 3. The molecule has 20 heavy (non-hydrogen) atoms. The van der Waals surface area contributed by atoms with E-state index in [0.717, 1.165) is 12.1 Å². The monoisotopic (exact) mass is 286 g/mol. The van der Waals surface area contributed by atoms with E-state index in [1.54, 1.807) is 6.07 Å². The van der Waals surface area contributed by atoms with Crippen molar-refractivity contribution in [2.45, 2.75) is 32.5 Å². The molecule has 0 saturated heterocycles. The number of anilines is 1. The zero-order chi connectivity index (χ0) is 15.3. The van der Waals surface area contributed by atoms with Gasteiger partial charge < -0.3 is 10.4 Å². The number of nitrogens with zero attached hydrogens (tertiary/aromatic N) is 1. The molecule has 2 N–H and O–H groups in total. The van der Waals surface area contributed by atoms with Crippen LogP contribution in [0.2, 0.25) is 0 Å². The number of benzene rings is 1. The van der Waals surface area contributed by atoms with Gasteiger partial charge in [-0.05, 0) is 30.5 Å². The third-order valence-corrected chi connectivity index (χ3v) is 3.05. The van der Waals surface area contributed by atoms with E-state index < -0.39 is 11.7 Å². The first-order valence-electron chi connectivity index (χ1n) is 6.28. The van der Waals surface area contributed by atoms with Crippen molar-refractivity contribution in [3.05, 3.63) is 29.3 Å². The molecule has 1 unspecified atom stereocenters. The van der Waals surface area contributed by atoms with Gasteiger partial charge in [-0.15, -0.1) is 0 Å². The van der Waals surface area contributed by atoms with Crippen molar-refractivity contribution in [1.29, 1.82) is 5.26 Å². The maximum Gasteiger partial charge on any atom is 0.416 e. The minimum atomic E-state index is -4.47. The molecule has 0 fully saturated rings. The van der Waals surface area contributed by atoms with Crippen molar-refractivity contribution in [1.82, 2.24) is 0 Å². The third kappa shape index (κ3) is 4.14. The van der Waals surface area contributed by atoms with E-state index >= 15 is 0 Å². The lowest BCUT2D eigenvalue weighted by atomic mass is 10.00. The van der Waals surface area contributed by atoms with Gasteiger partial charge in [0.1, 0.15) is 6.07 Å². The van der Waals surface area contributed by atoms with Crippen LogP contribution in [0.4, 0.5) is 18.9 Å². The smallest absolute Gasteiger partial charge is 0.396 e. The lowest BCUT2D eigenvalue weighted by Gasteiger charge is -2.23. The first kappa shape index (κ1) is 16.3. The molecule has 0 aliphatic rings. The molecular formula is C14H17F3N2O. The largest absolute Gasteiger partial charge is 0.416 e. The first-order valence-corrected chi connectivity index (χ1v) is 6.28. The van der Waals surface area contributed by atoms with Crippen LogP contribution in [-0.4, -0.2) is 17.8 Å². The number of nitrogens with one attached hydrogen (secondary N) is 1. The molecule has 0 aromatic heterocycles. The summed E-state index contributed by atoms with van der Waals surface area (Å²) in [4.78, 5) is 0. The summed E-state index contributed by atoms with van der Waals surface area (Å²) in [6.07, 6.45) is -4.00. The Bertz CT molecular complexity index is 492. The van der Waals surface area contributed by atoms with Gasteiger partial charge in [0.05, 0.1) is 16.8 Å². The molecule has 0 heterocycles. The summed E-state index contributed by atoms with van der Waals surface area (Å²) in [5, 5.41) is 21.0. The molecule has 6 heteroatoms. The highest BCUT2D eigenvalue weighted by Crippen LogP contribution is 2.32. The number of hydrogen-bond donors (Lipinski definition) is 2. The Kier molecular flexibility index (Phi) is 5.40. The van der Waals surface area contributed by atoms with Crippen molar-refractivity contribution >= 4 is 5.69 Å². The van der Waals surface area contributed by atoms with Gasteiger partial charge in [-0.3, -0.25) is 0 Å². The maximum atomic E-state index is 12.6. The average Bonchev–Trinajstić information content (AvgIpc) is 2.37. The minimum Gasteiger partial charge on any atom is -0.396 e. The second-order valence-corrected chi connectivity index (χ2v) is 4.88. The Morgan fingerprint density at radius 3 is 2.45 bits per heavy atom. The summed E-state index contributed by atoms with van der Waals surface area (Å²) in [7, 11) is 0. The van der Waals surface area contributed by atoms with Crippen LogP contribution >= 0.6 is 0 Å². The molecule has 0 saturated carbocycles. The Morgan fingerprint density at radius 1 is 1.35 bits per heavy atom. The van der Waals surface area contributed by atoms with Crippen molar-refractivity contribution in [2.24, 2.45) is 5.92 Å². The number of hydrogen-bond acceptors (Lipinski definition) is 3. The van der Waals surface area contributed by atoms with E-state index in [0.29, 0.717) is 12.1 Å². The van der Waals surface area contributed by atoms with E-state index in [1.807, 2.05) is 13.8 Å². The van der Waals surface area contributed by atoms with Crippen LogP contribution in [0.1, 0.15) is 31.4 Å². The van der Waals surface area contributed by atoms with Crippen LogP contribution < -0.4 is 5.32 Å². The van der Waals surface area contributed by atoms with Gasteiger partial charge in [-0.2, -0.15) is 18.4 Å². The fraction of sp³-hybridized carbons (Fsp3) is 0.500. The molecular weight excluding hydrogens is 269 g/mol. The predicted molar refractivity (Wildman–Crippen MR) is 70.1 cm³/mol. The second kappa shape index (κ2) is 6.62. The predicted octanol–water partition coefficient (Wildman–Crippen LogP) is 3.40. The van der Waals surface area contributed by atoms with Crippen LogP contribution in [-0.2, 0) is 6.18 Å². The van der Waals surface area contributed by atoms with E-state index in [1.165, 1.54) is 6.07 Å². The van der Waals surface area contributed by atoms with Gasteiger partial charge in [0.15, 0.2) is 0 Å². The van der Waals surface area contributed by atoms with E-state index in [4.69, 9.17) is 10.4 Å². The Morgan fingerprint density at radius 2 is 2.00 bits per heavy atom. The topological polar surface area (TPSA) is 56.0 Å². The molecule has 0 aliphatic carbocycles. The maximum absolute atomic E-state index is 12.6. The standard InChI is InChI=1S/C14H17F3N2O/c1-9(2)12(5-6-20)19-13-4-3-11(14(15,16)17)7-10(13)8-18/h3-4,7,9,12,19-20H,5-6H2,1-2H3. The number of halogens is 3. The summed E-state index contributed by atoms with van der Waals surface area (Å²) >= 11 is 0. The second-order valence-electron chi connectivity index (χ2n) is 4.88. The van der Waals surface area contributed by atoms with Crippen LogP contribution in [0.3, 0.4) is 0 Å². The molecule has 1 rings (SSSR count). The molecule has 1 aromatic rings. The third-order valence-electron chi connectivity index (χ3n) is 3.05. The molecule has 0 radical (unpaired) electrons. The molecule has 0 amide bonds. The Balaban J connectivity index is 3.05. The zero-order valence-corrected chi connectivity index (χ0v) is 11.3. The lowest BCUT2D eigenvalue weighted by molar-refractivity contribution is -0.137. The van der Waals surface area contributed by atoms with Gasteiger partial charge in [-0.25, -0.2) is 0 Å².